The van der Waals surface area contributed by atoms with Gasteiger partial charge in [-0.3, -0.25) is 14.9 Å². The van der Waals surface area contributed by atoms with Crippen molar-refractivity contribution in [3.8, 4) is 0 Å². The molecule has 0 aliphatic carbocycles. The van der Waals surface area contributed by atoms with Crippen LogP contribution in [-0.4, -0.2) is 23.4 Å². The van der Waals surface area contributed by atoms with Crippen LogP contribution < -0.4 is 5.32 Å². The Bertz CT molecular complexity index is 862. The first kappa shape index (κ1) is 19.1. The van der Waals surface area contributed by atoms with Gasteiger partial charge >= 0.3 is 5.97 Å². The second kappa shape index (κ2) is 8.77. The van der Waals surface area contributed by atoms with Crippen molar-refractivity contribution in [3.05, 3.63) is 74.8 Å². The second-order valence-corrected chi connectivity index (χ2v) is 5.49. The fourth-order valence-electron chi connectivity index (χ4n) is 2.03. The van der Waals surface area contributed by atoms with E-state index in [1.165, 1.54) is 54.6 Å². The molecule has 1 N–H and O–H groups in total. The summed E-state index contributed by atoms with van der Waals surface area (Å²) in [6.45, 7) is 1.93. The van der Waals surface area contributed by atoms with E-state index < -0.39 is 16.8 Å². The highest BCUT2D eigenvalue weighted by Gasteiger charge is 2.12. The van der Waals surface area contributed by atoms with Crippen LogP contribution in [0.2, 0.25) is 5.02 Å². The van der Waals surface area contributed by atoms with E-state index >= 15 is 0 Å². The second-order valence-electron chi connectivity index (χ2n) is 5.09. The van der Waals surface area contributed by atoms with Gasteiger partial charge in [0.2, 0.25) is 5.91 Å². The number of anilines is 1. The van der Waals surface area contributed by atoms with Crippen LogP contribution in [0.25, 0.3) is 6.08 Å². The van der Waals surface area contributed by atoms with E-state index in [2.05, 4.69) is 5.32 Å². The maximum Gasteiger partial charge on any atom is 0.339 e. The Balaban J connectivity index is 2.02. The zero-order chi connectivity index (χ0) is 19.1. The molecule has 26 heavy (non-hydrogen) atoms. The van der Waals surface area contributed by atoms with Gasteiger partial charge in [0.15, 0.2) is 0 Å². The zero-order valence-electron chi connectivity index (χ0n) is 13.8. The summed E-state index contributed by atoms with van der Waals surface area (Å²) in [4.78, 5) is 33.7. The summed E-state index contributed by atoms with van der Waals surface area (Å²) in [6, 6.07) is 10.2. The third-order valence-corrected chi connectivity index (χ3v) is 3.58. The van der Waals surface area contributed by atoms with Crippen molar-refractivity contribution in [1.29, 1.82) is 0 Å². The first-order valence-electron chi connectivity index (χ1n) is 7.61. The van der Waals surface area contributed by atoms with Gasteiger partial charge in [0, 0.05) is 23.9 Å². The number of nitrogens with one attached hydrogen (secondary N) is 1. The lowest BCUT2D eigenvalue weighted by molar-refractivity contribution is -0.384. The number of hydrogen-bond donors (Lipinski definition) is 1. The van der Waals surface area contributed by atoms with Crippen molar-refractivity contribution in [1.82, 2.24) is 0 Å². The molecule has 0 radical (unpaired) electrons. The molecule has 0 aliphatic heterocycles. The summed E-state index contributed by atoms with van der Waals surface area (Å²) in [5, 5.41) is 13.4. The summed E-state index contributed by atoms with van der Waals surface area (Å²) >= 11 is 6.03. The summed E-state index contributed by atoms with van der Waals surface area (Å²) in [7, 11) is 0. The summed E-state index contributed by atoms with van der Waals surface area (Å²) < 4.78 is 4.88. The zero-order valence-corrected chi connectivity index (χ0v) is 14.5. The molecule has 0 spiro atoms. The van der Waals surface area contributed by atoms with Crippen LogP contribution >= 0.6 is 11.6 Å². The monoisotopic (exact) mass is 374 g/mol. The van der Waals surface area contributed by atoms with Gasteiger partial charge in [-0.1, -0.05) is 11.6 Å². The topological polar surface area (TPSA) is 98.5 Å². The number of benzene rings is 2. The molecule has 0 heterocycles. The first-order valence-corrected chi connectivity index (χ1v) is 7.98. The Kier molecular flexibility index (Phi) is 6.46. The SMILES string of the molecule is CCOC(=O)c1ccc(NC(=O)/C=C/c2ccc([N+](=O)[O-])cc2)cc1Cl. The van der Waals surface area contributed by atoms with Gasteiger partial charge in [0.25, 0.3) is 5.69 Å². The van der Waals surface area contributed by atoms with Crippen LogP contribution in [0.15, 0.2) is 48.5 Å². The summed E-state index contributed by atoms with van der Waals surface area (Å²) in [5.41, 5.74) is 1.25. The van der Waals surface area contributed by atoms with E-state index in [1.54, 1.807) is 6.92 Å². The molecule has 0 unspecified atom stereocenters. The third kappa shape index (κ3) is 5.15. The molecule has 0 aromatic heterocycles. The van der Waals surface area contributed by atoms with Gasteiger partial charge in [-0.2, -0.15) is 0 Å². The van der Waals surface area contributed by atoms with E-state index in [-0.39, 0.29) is 22.9 Å². The largest absolute Gasteiger partial charge is 0.462 e. The molecule has 0 bridgehead atoms. The average Bonchev–Trinajstić information content (AvgIpc) is 2.60. The predicted octanol–water partition coefficient (Wildman–Crippen LogP) is 4.08. The molecule has 2 rings (SSSR count). The van der Waals surface area contributed by atoms with E-state index in [4.69, 9.17) is 16.3 Å². The van der Waals surface area contributed by atoms with Crippen LogP contribution in [-0.2, 0) is 9.53 Å². The van der Waals surface area contributed by atoms with Crippen LogP contribution in [0, 0.1) is 10.1 Å². The molecule has 2 aromatic rings. The van der Waals surface area contributed by atoms with E-state index in [0.717, 1.165) is 0 Å². The lowest BCUT2D eigenvalue weighted by Gasteiger charge is -2.07. The summed E-state index contributed by atoms with van der Waals surface area (Å²) in [6.07, 6.45) is 2.81. The quantitative estimate of drug-likeness (QED) is 0.355. The molecular formula is C18H15ClN2O5. The Morgan fingerprint density at radius 2 is 1.92 bits per heavy atom. The minimum absolute atomic E-state index is 0.0251. The number of carbonyl (C=O) groups excluding carboxylic acids is 2. The fraction of sp³-hybridized carbons (Fsp3) is 0.111. The van der Waals surface area contributed by atoms with E-state index in [0.29, 0.717) is 11.3 Å². The number of hydrogen-bond acceptors (Lipinski definition) is 5. The van der Waals surface area contributed by atoms with Crippen LogP contribution in [0.5, 0.6) is 0 Å². The van der Waals surface area contributed by atoms with Crippen molar-refractivity contribution >= 4 is 40.9 Å². The number of non-ortho nitro benzene ring substituents is 1. The van der Waals surface area contributed by atoms with Crippen LogP contribution in [0.4, 0.5) is 11.4 Å². The highest BCUT2D eigenvalue weighted by atomic mass is 35.5. The smallest absolute Gasteiger partial charge is 0.339 e. The maximum atomic E-state index is 12.0. The van der Waals surface area contributed by atoms with Crippen LogP contribution in [0.1, 0.15) is 22.8 Å². The molecule has 0 saturated carbocycles. The first-order chi connectivity index (χ1) is 12.4. The number of esters is 1. The standard InChI is InChI=1S/C18H15ClN2O5/c1-2-26-18(23)15-9-6-13(11-16(15)19)20-17(22)10-5-12-3-7-14(8-4-12)21(24)25/h3-11H,2H2,1H3,(H,20,22)/b10-5+. The normalized spacial score (nSPS) is 10.5. The number of nitro benzene ring substituents is 1. The molecule has 0 aliphatic rings. The number of carbonyl (C=O) groups is 2. The number of nitrogens with zero attached hydrogens (tertiary/aromatic N) is 1. The maximum absolute atomic E-state index is 12.0. The number of ether oxygens (including phenoxy) is 1. The highest BCUT2D eigenvalue weighted by Crippen LogP contribution is 2.22. The van der Waals surface area contributed by atoms with Crippen molar-refractivity contribution in [2.75, 3.05) is 11.9 Å². The molecule has 134 valence electrons. The minimum atomic E-state index is -0.534. The number of rotatable bonds is 6. The number of halogens is 1. The van der Waals surface area contributed by atoms with Crippen molar-refractivity contribution in [3.63, 3.8) is 0 Å². The molecular weight excluding hydrogens is 360 g/mol. The molecule has 8 heteroatoms. The Morgan fingerprint density at radius 1 is 1.23 bits per heavy atom. The Hall–Kier alpha value is -3.19. The molecule has 0 saturated heterocycles. The van der Waals surface area contributed by atoms with Gasteiger partial charge in [0.1, 0.15) is 0 Å². The lowest BCUT2D eigenvalue weighted by Crippen LogP contribution is -2.09. The predicted molar refractivity (Wildman–Crippen MR) is 98.2 cm³/mol. The van der Waals surface area contributed by atoms with Crippen molar-refractivity contribution in [2.45, 2.75) is 6.92 Å². The van der Waals surface area contributed by atoms with Gasteiger partial charge < -0.3 is 10.1 Å². The molecule has 0 atom stereocenters. The summed E-state index contributed by atoms with van der Waals surface area (Å²) in [5.74, 6) is -0.947. The van der Waals surface area contributed by atoms with Crippen molar-refractivity contribution in [2.24, 2.45) is 0 Å². The fourth-order valence-corrected chi connectivity index (χ4v) is 2.29. The third-order valence-electron chi connectivity index (χ3n) is 3.26. The van der Waals surface area contributed by atoms with Crippen LogP contribution in [0.3, 0.4) is 0 Å². The average molecular weight is 375 g/mol. The number of amides is 1. The molecule has 1 amide bonds. The van der Waals surface area contributed by atoms with E-state index in [1.807, 2.05) is 0 Å². The number of nitro groups is 1. The Morgan fingerprint density at radius 3 is 2.50 bits per heavy atom. The molecule has 0 fully saturated rings. The minimum Gasteiger partial charge on any atom is -0.462 e. The van der Waals surface area contributed by atoms with Gasteiger partial charge in [-0.25, -0.2) is 4.79 Å². The lowest BCUT2D eigenvalue weighted by atomic mass is 10.2. The Labute approximate surface area is 154 Å². The molecule has 2 aromatic carbocycles. The van der Waals surface area contributed by atoms with Gasteiger partial charge in [-0.15, -0.1) is 0 Å². The van der Waals surface area contributed by atoms with Gasteiger partial charge in [0.05, 0.1) is 22.1 Å². The molecule has 7 nitrogen and oxygen atoms in total. The highest BCUT2D eigenvalue weighted by molar-refractivity contribution is 6.34. The van der Waals surface area contributed by atoms with Crippen molar-refractivity contribution < 1.29 is 19.2 Å². The van der Waals surface area contributed by atoms with E-state index in [9.17, 15) is 19.7 Å². The van der Waals surface area contributed by atoms with Gasteiger partial charge in [-0.05, 0) is 48.9 Å².